The summed E-state index contributed by atoms with van der Waals surface area (Å²) in [7, 11) is -1.67. The minimum Gasteiger partial charge on any atom is -0.484 e. The van der Waals surface area contributed by atoms with E-state index in [1.165, 1.54) is 12.1 Å². The van der Waals surface area contributed by atoms with Crippen LogP contribution in [0.4, 0.5) is 13.2 Å². The first kappa shape index (κ1) is 23.1. The summed E-state index contributed by atoms with van der Waals surface area (Å²) in [5.74, 6) is 0.532. The number of nitrogens with one attached hydrogen (secondary N) is 2. The zero-order valence-corrected chi connectivity index (χ0v) is 16.7. The molecule has 0 fully saturated rings. The summed E-state index contributed by atoms with van der Waals surface area (Å²) < 4.78 is 64.3. The lowest BCUT2D eigenvalue weighted by atomic mass is 10.2. The van der Waals surface area contributed by atoms with Crippen LogP contribution in [-0.2, 0) is 16.4 Å². The average Bonchev–Trinajstić information content (AvgIpc) is 2.55. The molecule has 0 aromatic heterocycles. The summed E-state index contributed by atoms with van der Waals surface area (Å²) in [6, 6.07) is 6.18. The number of benzene rings is 1. The molecule has 0 saturated carbocycles. The highest BCUT2D eigenvalue weighted by atomic mass is 32.2. The zero-order valence-electron chi connectivity index (χ0n) is 15.9. The molecule has 2 N–H and O–H groups in total. The number of alkyl halides is 3. The molecule has 1 aromatic rings. The molecule has 0 saturated heterocycles. The van der Waals surface area contributed by atoms with Gasteiger partial charge >= 0.3 is 6.18 Å². The van der Waals surface area contributed by atoms with E-state index in [1.54, 1.807) is 40.0 Å². The third-order valence-electron chi connectivity index (χ3n) is 3.61. The third-order valence-corrected chi connectivity index (χ3v) is 6.21. The van der Waals surface area contributed by atoms with Crippen LogP contribution in [0.2, 0.25) is 0 Å². The molecule has 0 spiro atoms. The number of hydrogen-bond donors (Lipinski definition) is 2. The Morgan fingerprint density at radius 1 is 1.11 bits per heavy atom. The second kappa shape index (κ2) is 9.29. The zero-order chi connectivity index (χ0) is 20.7. The average molecular weight is 409 g/mol. The molecule has 1 aromatic carbocycles. The summed E-state index contributed by atoms with van der Waals surface area (Å²) in [5.41, 5.74) is 0.805. The normalized spacial score (nSPS) is 13.4. The van der Waals surface area contributed by atoms with Crippen LogP contribution >= 0.6 is 0 Å². The van der Waals surface area contributed by atoms with Crippen LogP contribution in [-0.4, -0.2) is 51.3 Å². The molecule has 0 bridgehead atoms. The fourth-order valence-electron chi connectivity index (χ4n) is 1.89. The van der Waals surface area contributed by atoms with Gasteiger partial charge in [-0.1, -0.05) is 12.1 Å². The summed E-state index contributed by atoms with van der Waals surface area (Å²) >= 11 is 0. The number of sulfone groups is 1. The lowest BCUT2D eigenvalue weighted by Gasteiger charge is -2.19. The Labute approximate surface area is 158 Å². The molecule has 0 unspecified atom stereocenters. The Bertz CT molecular complexity index is 725. The molecule has 27 heavy (non-hydrogen) atoms. The maximum atomic E-state index is 12.1. The van der Waals surface area contributed by atoms with E-state index in [2.05, 4.69) is 20.4 Å². The molecule has 10 heteroatoms. The molecule has 154 valence electrons. The first-order chi connectivity index (χ1) is 12.3. The Kier molecular flexibility index (Phi) is 7.94. The largest absolute Gasteiger partial charge is 0.484 e. The van der Waals surface area contributed by atoms with Gasteiger partial charge in [0.15, 0.2) is 22.4 Å². The van der Waals surface area contributed by atoms with E-state index in [0.717, 1.165) is 5.56 Å². The first-order valence-electron chi connectivity index (χ1n) is 8.29. The molecule has 0 radical (unpaired) electrons. The standard InChI is InChI=1S/C17H26F3N3O3S/c1-16(2,3)27(24,25)10-9-22-15(21-4)23-11-13-5-7-14(8-6-13)26-12-17(18,19)20/h5-8H,9-12H2,1-4H3,(H2,21,22,23). The molecule has 0 amide bonds. The van der Waals surface area contributed by atoms with Crippen molar-refractivity contribution in [1.82, 2.24) is 10.6 Å². The van der Waals surface area contributed by atoms with E-state index in [-0.39, 0.29) is 18.0 Å². The van der Waals surface area contributed by atoms with Crippen LogP contribution in [0.25, 0.3) is 0 Å². The van der Waals surface area contributed by atoms with Crippen LogP contribution in [0.5, 0.6) is 5.75 Å². The van der Waals surface area contributed by atoms with Gasteiger partial charge in [-0.15, -0.1) is 0 Å². The summed E-state index contributed by atoms with van der Waals surface area (Å²) in [5, 5.41) is 5.94. The molecule has 0 aliphatic carbocycles. The maximum Gasteiger partial charge on any atom is 0.422 e. The maximum absolute atomic E-state index is 12.1. The predicted molar refractivity (Wildman–Crippen MR) is 99.7 cm³/mol. The van der Waals surface area contributed by atoms with Crippen molar-refractivity contribution in [3.05, 3.63) is 29.8 Å². The van der Waals surface area contributed by atoms with E-state index in [0.29, 0.717) is 12.5 Å². The summed E-state index contributed by atoms with van der Waals surface area (Å²) in [6.07, 6.45) is -4.38. The highest BCUT2D eigenvalue weighted by Gasteiger charge is 2.29. The first-order valence-corrected chi connectivity index (χ1v) is 9.94. The van der Waals surface area contributed by atoms with Gasteiger partial charge in [0, 0.05) is 20.1 Å². The van der Waals surface area contributed by atoms with E-state index < -0.39 is 27.4 Å². The van der Waals surface area contributed by atoms with Crippen molar-refractivity contribution in [1.29, 1.82) is 0 Å². The van der Waals surface area contributed by atoms with Gasteiger partial charge in [0.2, 0.25) is 0 Å². The summed E-state index contributed by atoms with van der Waals surface area (Å²) in [4.78, 5) is 4.01. The Hall–Kier alpha value is -1.97. The van der Waals surface area contributed by atoms with Crippen LogP contribution in [0.3, 0.4) is 0 Å². The van der Waals surface area contributed by atoms with Crippen LogP contribution in [0.1, 0.15) is 26.3 Å². The molecule has 0 atom stereocenters. The molecule has 0 heterocycles. The summed E-state index contributed by atoms with van der Waals surface area (Å²) in [6.45, 7) is 4.19. The molecule has 0 aliphatic heterocycles. The van der Waals surface area contributed by atoms with Crippen LogP contribution < -0.4 is 15.4 Å². The number of rotatable bonds is 7. The van der Waals surface area contributed by atoms with Gasteiger partial charge in [-0.05, 0) is 38.5 Å². The topological polar surface area (TPSA) is 79.8 Å². The third kappa shape index (κ3) is 8.51. The minimum absolute atomic E-state index is 0.0254. The smallest absolute Gasteiger partial charge is 0.422 e. The monoisotopic (exact) mass is 409 g/mol. The van der Waals surface area contributed by atoms with Crippen molar-refractivity contribution in [2.45, 2.75) is 38.2 Å². The van der Waals surface area contributed by atoms with E-state index >= 15 is 0 Å². The fourth-order valence-corrected chi connectivity index (χ4v) is 2.87. The number of halogens is 3. The number of hydrogen-bond acceptors (Lipinski definition) is 4. The van der Waals surface area contributed by atoms with Crippen molar-refractivity contribution in [2.75, 3.05) is 26.0 Å². The fraction of sp³-hybridized carbons (Fsp3) is 0.588. The van der Waals surface area contributed by atoms with Gasteiger partial charge < -0.3 is 15.4 Å². The highest BCUT2D eigenvalue weighted by molar-refractivity contribution is 7.92. The van der Waals surface area contributed by atoms with Crippen molar-refractivity contribution in [2.24, 2.45) is 4.99 Å². The van der Waals surface area contributed by atoms with E-state index in [1.807, 2.05) is 0 Å². The second-order valence-electron chi connectivity index (χ2n) is 6.83. The lowest BCUT2D eigenvalue weighted by molar-refractivity contribution is -0.153. The lowest BCUT2D eigenvalue weighted by Crippen LogP contribution is -2.41. The molecule has 1 rings (SSSR count). The van der Waals surface area contributed by atoms with E-state index in [4.69, 9.17) is 0 Å². The number of guanidine groups is 1. The van der Waals surface area contributed by atoms with Gasteiger partial charge in [0.25, 0.3) is 0 Å². The molecular formula is C17H26F3N3O3S. The second-order valence-corrected chi connectivity index (χ2v) is 9.69. The predicted octanol–water partition coefficient (Wildman–Crippen LogP) is 2.51. The van der Waals surface area contributed by atoms with Gasteiger partial charge in [0.1, 0.15) is 5.75 Å². The Balaban J connectivity index is 2.47. The van der Waals surface area contributed by atoms with Crippen molar-refractivity contribution < 1.29 is 26.3 Å². The molecular weight excluding hydrogens is 383 g/mol. The highest BCUT2D eigenvalue weighted by Crippen LogP contribution is 2.19. The van der Waals surface area contributed by atoms with Gasteiger partial charge in [-0.25, -0.2) is 8.42 Å². The number of ether oxygens (including phenoxy) is 1. The van der Waals surface area contributed by atoms with Gasteiger partial charge in [-0.2, -0.15) is 13.2 Å². The minimum atomic E-state index is -4.38. The van der Waals surface area contributed by atoms with Crippen LogP contribution in [0, 0.1) is 0 Å². The van der Waals surface area contributed by atoms with E-state index in [9.17, 15) is 21.6 Å². The number of aliphatic imine (C=N–C) groups is 1. The van der Waals surface area contributed by atoms with Crippen molar-refractivity contribution in [3.8, 4) is 5.75 Å². The van der Waals surface area contributed by atoms with Crippen molar-refractivity contribution in [3.63, 3.8) is 0 Å². The Morgan fingerprint density at radius 3 is 2.19 bits per heavy atom. The molecule has 6 nitrogen and oxygen atoms in total. The van der Waals surface area contributed by atoms with Crippen LogP contribution in [0.15, 0.2) is 29.3 Å². The number of nitrogens with zero attached hydrogens (tertiary/aromatic N) is 1. The Morgan fingerprint density at radius 2 is 1.70 bits per heavy atom. The van der Waals surface area contributed by atoms with Crippen molar-refractivity contribution >= 4 is 15.8 Å². The quantitative estimate of drug-likeness (QED) is 0.534. The van der Waals surface area contributed by atoms with Gasteiger partial charge in [0.05, 0.1) is 10.5 Å². The SMILES string of the molecule is CN=C(NCCS(=O)(=O)C(C)(C)C)NCc1ccc(OCC(F)(F)F)cc1. The molecule has 0 aliphatic rings. The van der Waals surface area contributed by atoms with Gasteiger partial charge in [-0.3, -0.25) is 4.99 Å².